The van der Waals surface area contributed by atoms with E-state index >= 15 is 0 Å². The zero-order valence-electron chi connectivity index (χ0n) is 8.07. The van der Waals surface area contributed by atoms with Crippen LogP contribution in [0.3, 0.4) is 0 Å². The standard InChI is InChI=1S/C10H15N3O/c11-9-4-2-6-13(10(9)14)8-3-1-5-12-7-8/h2,4,6,8,12H,1,3,5,7,11H2. The number of anilines is 1. The molecule has 1 atom stereocenters. The molecule has 2 rings (SSSR count). The van der Waals surface area contributed by atoms with Crippen molar-refractivity contribution in [1.82, 2.24) is 9.88 Å². The number of piperidine rings is 1. The Kier molecular flexibility index (Phi) is 2.54. The molecule has 1 saturated heterocycles. The molecule has 0 bridgehead atoms. The van der Waals surface area contributed by atoms with E-state index in [0.29, 0.717) is 5.69 Å². The molecule has 0 aliphatic carbocycles. The summed E-state index contributed by atoms with van der Waals surface area (Å²) in [5.74, 6) is 0. The lowest BCUT2D eigenvalue weighted by Gasteiger charge is -2.24. The smallest absolute Gasteiger partial charge is 0.273 e. The minimum atomic E-state index is -0.0683. The van der Waals surface area contributed by atoms with Gasteiger partial charge < -0.3 is 15.6 Å². The van der Waals surface area contributed by atoms with E-state index in [1.165, 1.54) is 0 Å². The zero-order valence-corrected chi connectivity index (χ0v) is 8.07. The molecule has 2 heterocycles. The normalized spacial score (nSPS) is 22.1. The fourth-order valence-corrected chi connectivity index (χ4v) is 1.89. The molecular formula is C10H15N3O. The quantitative estimate of drug-likeness (QED) is 0.676. The van der Waals surface area contributed by atoms with Crippen LogP contribution in [0.4, 0.5) is 5.69 Å². The average molecular weight is 193 g/mol. The van der Waals surface area contributed by atoms with Crippen molar-refractivity contribution in [2.75, 3.05) is 18.8 Å². The van der Waals surface area contributed by atoms with E-state index in [1.807, 2.05) is 12.3 Å². The molecule has 1 fully saturated rings. The number of nitrogen functional groups attached to an aromatic ring is 1. The summed E-state index contributed by atoms with van der Waals surface area (Å²) in [7, 11) is 0. The van der Waals surface area contributed by atoms with Crippen LogP contribution in [0.15, 0.2) is 23.1 Å². The molecule has 3 N–H and O–H groups in total. The number of hydrogen-bond acceptors (Lipinski definition) is 3. The van der Waals surface area contributed by atoms with Gasteiger partial charge in [-0.25, -0.2) is 0 Å². The molecule has 0 aromatic carbocycles. The van der Waals surface area contributed by atoms with Crippen LogP contribution >= 0.6 is 0 Å². The molecule has 0 amide bonds. The SMILES string of the molecule is Nc1cccn(C2CCCNC2)c1=O. The summed E-state index contributed by atoms with van der Waals surface area (Å²) < 4.78 is 1.74. The molecule has 0 saturated carbocycles. The number of rotatable bonds is 1. The van der Waals surface area contributed by atoms with Crippen molar-refractivity contribution in [3.8, 4) is 0 Å². The summed E-state index contributed by atoms with van der Waals surface area (Å²) in [6, 6.07) is 3.74. The highest BCUT2D eigenvalue weighted by molar-refractivity contribution is 5.33. The largest absolute Gasteiger partial charge is 0.394 e. The van der Waals surface area contributed by atoms with Crippen LogP contribution in [0.2, 0.25) is 0 Å². The van der Waals surface area contributed by atoms with Gasteiger partial charge in [-0.2, -0.15) is 0 Å². The van der Waals surface area contributed by atoms with E-state index in [2.05, 4.69) is 5.32 Å². The van der Waals surface area contributed by atoms with Crippen molar-refractivity contribution in [3.05, 3.63) is 28.7 Å². The Hall–Kier alpha value is -1.29. The second-order valence-electron chi connectivity index (χ2n) is 3.68. The van der Waals surface area contributed by atoms with Crippen LogP contribution in [0.5, 0.6) is 0 Å². The van der Waals surface area contributed by atoms with Crippen molar-refractivity contribution in [2.24, 2.45) is 0 Å². The summed E-state index contributed by atoms with van der Waals surface area (Å²) in [5.41, 5.74) is 5.84. The third kappa shape index (κ3) is 1.65. The second-order valence-corrected chi connectivity index (χ2v) is 3.68. The van der Waals surface area contributed by atoms with Crippen LogP contribution < -0.4 is 16.6 Å². The van der Waals surface area contributed by atoms with Crippen LogP contribution in [-0.2, 0) is 0 Å². The summed E-state index contributed by atoms with van der Waals surface area (Å²) in [5, 5.41) is 3.28. The van der Waals surface area contributed by atoms with Crippen LogP contribution in [0, 0.1) is 0 Å². The Labute approximate surface area is 82.7 Å². The summed E-state index contributed by atoms with van der Waals surface area (Å²) in [6.07, 6.45) is 3.98. The van der Waals surface area contributed by atoms with Gasteiger partial charge in [-0.1, -0.05) is 0 Å². The minimum absolute atomic E-state index is 0.0683. The lowest BCUT2D eigenvalue weighted by molar-refractivity contribution is 0.364. The van der Waals surface area contributed by atoms with Crippen molar-refractivity contribution in [3.63, 3.8) is 0 Å². The van der Waals surface area contributed by atoms with Gasteiger partial charge in [-0.3, -0.25) is 4.79 Å². The van der Waals surface area contributed by atoms with Gasteiger partial charge in [0.05, 0.1) is 5.69 Å². The van der Waals surface area contributed by atoms with Crippen LogP contribution in [0.25, 0.3) is 0 Å². The first-order valence-corrected chi connectivity index (χ1v) is 4.96. The van der Waals surface area contributed by atoms with Crippen molar-refractivity contribution in [1.29, 1.82) is 0 Å². The van der Waals surface area contributed by atoms with E-state index in [1.54, 1.807) is 10.6 Å². The van der Waals surface area contributed by atoms with Gasteiger partial charge in [0, 0.05) is 18.8 Å². The Morgan fingerprint density at radius 1 is 1.57 bits per heavy atom. The molecule has 1 aliphatic rings. The maximum atomic E-state index is 11.7. The molecule has 0 spiro atoms. The first-order valence-electron chi connectivity index (χ1n) is 4.96. The topological polar surface area (TPSA) is 60.0 Å². The lowest BCUT2D eigenvalue weighted by Crippen LogP contribution is -2.36. The molecule has 0 radical (unpaired) electrons. The van der Waals surface area contributed by atoms with E-state index in [4.69, 9.17) is 5.73 Å². The molecule has 14 heavy (non-hydrogen) atoms. The van der Waals surface area contributed by atoms with E-state index in [9.17, 15) is 4.79 Å². The summed E-state index contributed by atoms with van der Waals surface area (Å²) in [4.78, 5) is 11.7. The first kappa shape index (κ1) is 9.27. The average Bonchev–Trinajstić information content (AvgIpc) is 2.23. The molecule has 1 aromatic heterocycles. The molecule has 4 nitrogen and oxygen atoms in total. The molecule has 1 aliphatic heterocycles. The molecule has 1 unspecified atom stereocenters. The Morgan fingerprint density at radius 3 is 3.14 bits per heavy atom. The minimum Gasteiger partial charge on any atom is -0.394 e. The van der Waals surface area contributed by atoms with Gasteiger partial charge in [0.25, 0.3) is 5.56 Å². The van der Waals surface area contributed by atoms with E-state index < -0.39 is 0 Å². The monoisotopic (exact) mass is 193 g/mol. The lowest BCUT2D eigenvalue weighted by atomic mass is 10.1. The second kappa shape index (κ2) is 3.84. The maximum absolute atomic E-state index is 11.7. The van der Waals surface area contributed by atoms with E-state index in [-0.39, 0.29) is 11.6 Å². The third-order valence-corrected chi connectivity index (χ3v) is 2.67. The summed E-state index contributed by atoms with van der Waals surface area (Å²) >= 11 is 0. The number of nitrogens with one attached hydrogen (secondary N) is 1. The van der Waals surface area contributed by atoms with Crippen molar-refractivity contribution in [2.45, 2.75) is 18.9 Å². The van der Waals surface area contributed by atoms with Gasteiger partial charge in [-0.15, -0.1) is 0 Å². The first-order chi connectivity index (χ1) is 6.79. The summed E-state index contributed by atoms with van der Waals surface area (Å²) in [6.45, 7) is 1.91. The maximum Gasteiger partial charge on any atom is 0.273 e. The van der Waals surface area contributed by atoms with Gasteiger partial charge in [0.2, 0.25) is 0 Å². The highest BCUT2D eigenvalue weighted by Gasteiger charge is 2.15. The molecular weight excluding hydrogens is 178 g/mol. The van der Waals surface area contributed by atoms with Crippen LogP contribution in [0.1, 0.15) is 18.9 Å². The Balaban J connectivity index is 2.31. The molecule has 76 valence electrons. The van der Waals surface area contributed by atoms with Gasteiger partial charge in [-0.05, 0) is 31.5 Å². The van der Waals surface area contributed by atoms with Gasteiger partial charge in [0.15, 0.2) is 0 Å². The number of aromatic nitrogens is 1. The van der Waals surface area contributed by atoms with Crippen molar-refractivity contribution < 1.29 is 0 Å². The molecule has 4 heteroatoms. The van der Waals surface area contributed by atoms with Crippen LogP contribution in [-0.4, -0.2) is 17.7 Å². The predicted molar refractivity (Wildman–Crippen MR) is 56.3 cm³/mol. The number of nitrogens with zero attached hydrogens (tertiary/aromatic N) is 1. The van der Waals surface area contributed by atoms with Gasteiger partial charge in [0.1, 0.15) is 0 Å². The fourth-order valence-electron chi connectivity index (χ4n) is 1.89. The van der Waals surface area contributed by atoms with Gasteiger partial charge >= 0.3 is 0 Å². The number of pyridine rings is 1. The third-order valence-electron chi connectivity index (χ3n) is 2.67. The highest BCUT2D eigenvalue weighted by Crippen LogP contribution is 2.14. The van der Waals surface area contributed by atoms with E-state index in [0.717, 1.165) is 25.9 Å². The predicted octanol–water partition coefficient (Wildman–Crippen LogP) is 0.355. The highest BCUT2D eigenvalue weighted by atomic mass is 16.1. The number of nitrogens with two attached hydrogens (primary N) is 1. The van der Waals surface area contributed by atoms with Crippen molar-refractivity contribution >= 4 is 5.69 Å². The molecule has 1 aromatic rings. The zero-order chi connectivity index (χ0) is 9.97. The Bertz CT molecular complexity index is 366. The number of hydrogen-bond donors (Lipinski definition) is 2. The fraction of sp³-hybridized carbons (Fsp3) is 0.500. The Morgan fingerprint density at radius 2 is 2.43 bits per heavy atom.